The number of nitrogens with zero attached hydrogens (tertiary/aromatic N) is 2. The van der Waals surface area contributed by atoms with E-state index in [4.69, 9.17) is 5.73 Å². The number of aliphatic hydroxyl groups is 1. The topological polar surface area (TPSA) is 79.5 Å². The van der Waals surface area contributed by atoms with Gasteiger partial charge in [0.15, 0.2) is 5.13 Å². The standard InChI is InChI=1S/C17H21N3O2S/c1-9-5-10(6-14-15(9)19-17(18)23-14)16(22)20-11-3-2-4-12(20)8-13(21)7-11/h5-6,11-13,21H,2-4,7-8H2,1H3,(H2,18,19)/t11-,12+,13?. The summed E-state index contributed by atoms with van der Waals surface area (Å²) in [7, 11) is 0. The van der Waals surface area contributed by atoms with Gasteiger partial charge < -0.3 is 15.7 Å². The van der Waals surface area contributed by atoms with E-state index in [0.29, 0.717) is 23.5 Å². The number of nitrogens with two attached hydrogens (primary N) is 1. The molecule has 2 fully saturated rings. The molecule has 3 N–H and O–H groups in total. The van der Waals surface area contributed by atoms with E-state index < -0.39 is 0 Å². The molecule has 2 aromatic rings. The third-order valence-electron chi connectivity index (χ3n) is 5.13. The number of benzene rings is 1. The van der Waals surface area contributed by atoms with Crippen LogP contribution in [0.1, 0.15) is 48.0 Å². The highest BCUT2D eigenvalue weighted by molar-refractivity contribution is 7.22. The van der Waals surface area contributed by atoms with Gasteiger partial charge in [-0.1, -0.05) is 11.3 Å². The first-order valence-corrected chi connectivity index (χ1v) is 9.02. The number of fused-ring (bicyclic) bond motifs is 3. The molecule has 2 aliphatic rings. The van der Waals surface area contributed by atoms with Crippen molar-refractivity contribution in [1.82, 2.24) is 9.88 Å². The highest BCUT2D eigenvalue weighted by atomic mass is 32.1. The highest BCUT2D eigenvalue weighted by Crippen LogP contribution is 2.36. The maximum Gasteiger partial charge on any atom is 0.254 e. The summed E-state index contributed by atoms with van der Waals surface area (Å²) in [5.74, 6) is 0.0866. The first-order chi connectivity index (χ1) is 11.0. The number of carbonyl (C=O) groups excluding carboxylic acids is 1. The molecule has 23 heavy (non-hydrogen) atoms. The van der Waals surface area contributed by atoms with E-state index >= 15 is 0 Å². The van der Waals surface area contributed by atoms with E-state index in [9.17, 15) is 9.90 Å². The Kier molecular flexibility index (Phi) is 3.54. The van der Waals surface area contributed by atoms with Crippen LogP contribution in [0.25, 0.3) is 10.2 Å². The Bertz CT molecular complexity index is 759. The molecule has 122 valence electrons. The molecule has 1 aromatic carbocycles. The third-order valence-corrected chi connectivity index (χ3v) is 5.96. The molecule has 0 saturated carbocycles. The van der Waals surface area contributed by atoms with Gasteiger partial charge in [-0.3, -0.25) is 4.79 Å². The average molecular weight is 331 g/mol. The van der Waals surface area contributed by atoms with Gasteiger partial charge in [-0.05, 0) is 56.7 Å². The smallest absolute Gasteiger partial charge is 0.254 e. The minimum Gasteiger partial charge on any atom is -0.393 e. The van der Waals surface area contributed by atoms with E-state index in [-0.39, 0.29) is 24.1 Å². The summed E-state index contributed by atoms with van der Waals surface area (Å²) >= 11 is 1.42. The number of anilines is 1. The van der Waals surface area contributed by atoms with E-state index in [1.54, 1.807) is 0 Å². The molecule has 2 bridgehead atoms. The predicted molar refractivity (Wildman–Crippen MR) is 91.6 cm³/mol. The Morgan fingerprint density at radius 1 is 1.35 bits per heavy atom. The van der Waals surface area contributed by atoms with Gasteiger partial charge >= 0.3 is 0 Å². The highest BCUT2D eigenvalue weighted by Gasteiger charge is 2.40. The van der Waals surface area contributed by atoms with Crippen LogP contribution in [0.15, 0.2) is 12.1 Å². The summed E-state index contributed by atoms with van der Waals surface area (Å²) in [4.78, 5) is 19.5. The quantitative estimate of drug-likeness (QED) is 0.842. The molecule has 3 heterocycles. The van der Waals surface area contributed by atoms with Crippen LogP contribution in [0, 0.1) is 6.92 Å². The van der Waals surface area contributed by atoms with E-state index in [1.165, 1.54) is 11.3 Å². The van der Waals surface area contributed by atoms with Gasteiger partial charge in [-0.25, -0.2) is 4.98 Å². The molecule has 3 atom stereocenters. The molecule has 1 amide bonds. The molecule has 6 heteroatoms. The first-order valence-electron chi connectivity index (χ1n) is 8.20. The number of hydrogen-bond acceptors (Lipinski definition) is 5. The number of thiazole rings is 1. The van der Waals surface area contributed by atoms with Crippen molar-refractivity contribution in [2.45, 2.75) is 57.2 Å². The molecule has 1 unspecified atom stereocenters. The molecule has 1 aromatic heterocycles. The van der Waals surface area contributed by atoms with Gasteiger partial charge in [0, 0.05) is 17.6 Å². The Hall–Kier alpha value is -1.66. The van der Waals surface area contributed by atoms with Crippen molar-refractivity contribution in [1.29, 1.82) is 0 Å². The fraction of sp³-hybridized carbons (Fsp3) is 0.529. The van der Waals surface area contributed by atoms with Crippen molar-refractivity contribution in [3.8, 4) is 0 Å². The minimum atomic E-state index is -0.264. The van der Waals surface area contributed by atoms with Crippen molar-refractivity contribution in [2.24, 2.45) is 0 Å². The summed E-state index contributed by atoms with van der Waals surface area (Å²) in [5.41, 5.74) is 8.39. The summed E-state index contributed by atoms with van der Waals surface area (Å²) in [6, 6.07) is 4.18. The van der Waals surface area contributed by atoms with Crippen molar-refractivity contribution in [3.63, 3.8) is 0 Å². The Labute approximate surface area is 139 Å². The van der Waals surface area contributed by atoms with Crippen LogP contribution in [-0.2, 0) is 0 Å². The lowest BCUT2D eigenvalue weighted by atomic mass is 9.82. The molecule has 0 radical (unpaired) electrons. The Morgan fingerprint density at radius 3 is 2.74 bits per heavy atom. The van der Waals surface area contributed by atoms with Crippen molar-refractivity contribution < 1.29 is 9.90 Å². The molecule has 5 nitrogen and oxygen atoms in total. The van der Waals surface area contributed by atoms with E-state index in [1.807, 2.05) is 24.0 Å². The number of carbonyl (C=O) groups is 1. The van der Waals surface area contributed by atoms with E-state index in [2.05, 4.69) is 4.98 Å². The Balaban J connectivity index is 1.71. The largest absolute Gasteiger partial charge is 0.393 e. The van der Waals surface area contributed by atoms with Crippen LogP contribution in [0.2, 0.25) is 0 Å². The van der Waals surface area contributed by atoms with Gasteiger partial charge in [-0.15, -0.1) is 0 Å². The lowest BCUT2D eigenvalue weighted by Gasteiger charge is -2.47. The second-order valence-electron chi connectivity index (χ2n) is 6.77. The maximum absolute atomic E-state index is 13.1. The molecular formula is C17H21N3O2S. The van der Waals surface area contributed by atoms with Crippen molar-refractivity contribution >= 4 is 32.6 Å². The van der Waals surface area contributed by atoms with Crippen LogP contribution in [0.4, 0.5) is 5.13 Å². The fourth-order valence-corrected chi connectivity index (χ4v) is 5.02. The van der Waals surface area contributed by atoms with Crippen LogP contribution >= 0.6 is 11.3 Å². The molecule has 0 aliphatic carbocycles. The number of aryl methyl sites for hydroxylation is 1. The number of piperidine rings is 2. The third kappa shape index (κ3) is 2.50. The monoisotopic (exact) mass is 331 g/mol. The number of hydrogen-bond donors (Lipinski definition) is 2. The zero-order valence-electron chi connectivity index (χ0n) is 13.2. The molecular weight excluding hydrogens is 310 g/mol. The van der Waals surface area contributed by atoms with Gasteiger partial charge in [-0.2, -0.15) is 0 Å². The number of aromatic nitrogens is 1. The van der Waals surface area contributed by atoms with Gasteiger partial charge in [0.25, 0.3) is 5.91 Å². The van der Waals surface area contributed by atoms with Gasteiger partial charge in [0.1, 0.15) is 0 Å². The summed E-state index contributed by atoms with van der Waals surface area (Å²) in [6.07, 6.45) is 4.28. The zero-order valence-corrected chi connectivity index (χ0v) is 14.0. The van der Waals surface area contributed by atoms with Crippen molar-refractivity contribution in [3.05, 3.63) is 23.3 Å². The molecule has 0 spiro atoms. The molecule has 2 saturated heterocycles. The van der Waals surface area contributed by atoms with E-state index in [0.717, 1.165) is 35.0 Å². The Morgan fingerprint density at radius 2 is 2.04 bits per heavy atom. The normalized spacial score (nSPS) is 27.4. The second-order valence-corrected chi connectivity index (χ2v) is 7.83. The maximum atomic E-state index is 13.1. The molecule has 4 rings (SSSR count). The fourth-order valence-electron chi connectivity index (χ4n) is 4.17. The summed E-state index contributed by atoms with van der Waals surface area (Å²) in [6.45, 7) is 1.97. The summed E-state index contributed by atoms with van der Waals surface area (Å²) in [5, 5.41) is 10.5. The number of amides is 1. The first kappa shape index (κ1) is 14.9. The van der Waals surface area contributed by atoms with Crippen molar-refractivity contribution in [2.75, 3.05) is 5.73 Å². The van der Waals surface area contributed by atoms with Crippen LogP contribution in [-0.4, -0.2) is 39.1 Å². The number of aliphatic hydroxyl groups excluding tert-OH is 1. The van der Waals surface area contributed by atoms with Gasteiger partial charge in [0.2, 0.25) is 0 Å². The van der Waals surface area contributed by atoms with Crippen LogP contribution in [0.5, 0.6) is 0 Å². The predicted octanol–water partition coefficient (Wildman–Crippen LogP) is 2.70. The lowest BCUT2D eigenvalue weighted by Crippen LogP contribution is -2.55. The molecule has 2 aliphatic heterocycles. The van der Waals surface area contributed by atoms with Crippen LogP contribution in [0.3, 0.4) is 0 Å². The van der Waals surface area contributed by atoms with Gasteiger partial charge in [0.05, 0.1) is 16.3 Å². The number of rotatable bonds is 1. The van der Waals surface area contributed by atoms with Crippen LogP contribution < -0.4 is 5.73 Å². The minimum absolute atomic E-state index is 0.0866. The zero-order chi connectivity index (χ0) is 16.1. The number of nitrogen functional groups attached to an aromatic ring is 1. The summed E-state index contributed by atoms with van der Waals surface area (Å²) < 4.78 is 0.966. The average Bonchev–Trinajstić information content (AvgIpc) is 2.86. The lowest BCUT2D eigenvalue weighted by molar-refractivity contribution is -0.0150. The SMILES string of the molecule is Cc1cc(C(=O)N2[C@@H]3CCC[C@H]2CC(O)C3)cc2sc(N)nc12. The second kappa shape index (κ2) is 5.46.